The van der Waals surface area contributed by atoms with Gasteiger partial charge in [0.15, 0.2) is 0 Å². The molecule has 1 rings (SSSR count). The van der Waals surface area contributed by atoms with E-state index in [0.29, 0.717) is 12.3 Å². The van der Waals surface area contributed by atoms with Crippen molar-refractivity contribution >= 4 is 13.3 Å². The second-order valence-electron chi connectivity index (χ2n) is 2.58. The number of carbonyl (C=O) groups is 1. The molecule has 0 bridgehead atoms. The van der Waals surface area contributed by atoms with Gasteiger partial charge in [-0.25, -0.2) is 0 Å². The average molecular weight is 178 g/mol. The third-order valence-electron chi connectivity index (χ3n) is 1.86. The molecule has 0 saturated carbocycles. The first-order valence-corrected chi connectivity index (χ1v) is 5.32. The van der Waals surface area contributed by atoms with Crippen LogP contribution in [0.2, 0.25) is 0 Å². The van der Waals surface area contributed by atoms with Crippen LogP contribution in [0, 0.1) is 5.92 Å². The largest absolute Gasteiger partial charge is 0.469 e. The monoisotopic (exact) mass is 178 g/mol. The van der Waals surface area contributed by atoms with Gasteiger partial charge in [0.05, 0.1) is 13.0 Å². The third-order valence-corrected chi connectivity index (χ3v) is 4.52. The van der Waals surface area contributed by atoms with E-state index in [-0.39, 0.29) is 11.9 Å². The van der Waals surface area contributed by atoms with Crippen LogP contribution in [0.25, 0.3) is 0 Å². The molecular weight excluding hydrogens is 167 g/mol. The summed E-state index contributed by atoms with van der Waals surface area (Å²) in [6.07, 6.45) is 0.687. The Bertz CT molecular complexity index is 203. The SMILES string of the molecule is COC(=O)C1CP(=O)(OC)C1. The van der Waals surface area contributed by atoms with Crippen molar-refractivity contribution in [1.82, 2.24) is 0 Å². The van der Waals surface area contributed by atoms with Gasteiger partial charge in [0.2, 0.25) is 7.37 Å². The van der Waals surface area contributed by atoms with Gasteiger partial charge in [0.1, 0.15) is 0 Å². The molecule has 64 valence electrons. The minimum atomic E-state index is -2.40. The fraction of sp³-hybridized carbons (Fsp3) is 0.833. The highest BCUT2D eigenvalue weighted by atomic mass is 31.2. The maximum absolute atomic E-state index is 11.2. The van der Waals surface area contributed by atoms with Gasteiger partial charge in [0.25, 0.3) is 0 Å². The molecule has 0 aromatic carbocycles. The fourth-order valence-corrected chi connectivity index (χ4v) is 2.92. The number of hydrogen-bond donors (Lipinski definition) is 0. The summed E-state index contributed by atoms with van der Waals surface area (Å²) >= 11 is 0. The Kier molecular flexibility index (Phi) is 2.35. The van der Waals surface area contributed by atoms with E-state index < -0.39 is 7.37 Å². The lowest BCUT2D eigenvalue weighted by Crippen LogP contribution is -2.33. The zero-order valence-electron chi connectivity index (χ0n) is 6.57. The molecule has 4 nitrogen and oxygen atoms in total. The number of methoxy groups -OCH3 is 1. The van der Waals surface area contributed by atoms with Crippen molar-refractivity contribution in [1.29, 1.82) is 0 Å². The van der Waals surface area contributed by atoms with Crippen LogP contribution < -0.4 is 0 Å². The van der Waals surface area contributed by atoms with Crippen LogP contribution in [0.15, 0.2) is 0 Å². The van der Waals surface area contributed by atoms with Crippen LogP contribution in [-0.4, -0.2) is 32.5 Å². The summed E-state index contributed by atoms with van der Waals surface area (Å²) in [5, 5.41) is 0. The Hall–Kier alpha value is -0.340. The molecule has 0 unspecified atom stereocenters. The highest BCUT2D eigenvalue weighted by molar-refractivity contribution is 7.60. The second-order valence-corrected chi connectivity index (χ2v) is 5.31. The number of esters is 1. The van der Waals surface area contributed by atoms with Gasteiger partial charge in [-0.15, -0.1) is 0 Å². The first-order valence-electron chi connectivity index (χ1n) is 3.33. The molecule has 0 aromatic heterocycles. The molecule has 0 N–H and O–H groups in total. The Balaban J connectivity index is 2.40. The molecular formula is C6H11O4P. The third kappa shape index (κ3) is 1.63. The average Bonchev–Trinajstić information content (AvgIpc) is 1.97. The van der Waals surface area contributed by atoms with Crippen LogP contribution in [0.5, 0.6) is 0 Å². The van der Waals surface area contributed by atoms with Crippen LogP contribution in [0.4, 0.5) is 0 Å². The zero-order chi connectivity index (χ0) is 8.48. The summed E-state index contributed by atoms with van der Waals surface area (Å²) in [5.41, 5.74) is 0. The van der Waals surface area contributed by atoms with Crippen LogP contribution >= 0.6 is 7.37 Å². The zero-order valence-corrected chi connectivity index (χ0v) is 7.47. The summed E-state index contributed by atoms with van der Waals surface area (Å²) in [5.74, 6) is -0.487. The lowest BCUT2D eigenvalue weighted by Gasteiger charge is -2.31. The van der Waals surface area contributed by atoms with Crippen LogP contribution in [0.1, 0.15) is 0 Å². The summed E-state index contributed by atoms with van der Waals surface area (Å²) < 4.78 is 20.5. The Labute approximate surface area is 65.3 Å². The van der Waals surface area contributed by atoms with Crippen LogP contribution in [-0.2, 0) is 18.6 Å². The summed E-state index contributed by atoms with van der Waals surface area (Å²) in [7, 11) is 0.345. The fourth-order valence-electron chi connectivity index (χ4n) is 1.08. The van der Waals surface area contributed by atoms with Gasteiger partial charge in [-0.3, -0.25) is 9.36 Å². The molecule has 0 amide bonds. The summed E-state index contributed by atoms with van der Waals surface area (Å²) in [6.45, 7) is 0. The van der Waals surface area contributed by atoms with E-state index >= 15 is 0 Å². The second kappa shape index (κ2) is 2.95. The van der Waals surface area contributed by atoms with Crippen LogP contribution in [0.3, 0.4) is 0 Å². The number of hydrogen-bond acceptors (Lipinski definition) is 4. The van der Waals surface area contributed by atoms with E-state index in [9.17, 15) is 9.36 Å². The molecule has 1 aliphatic rings. The molecule has 0 aromatic rings. The Morgan fingerprint density at radius 1 is 1.45 bits per heavy atom. The Morgan fingerprint density at radius 3 is 2.36 bits per heavy atom. The molecule has 0 atom stereocenters. The van der Waals surface area contributed by atoms with E-state index in [1.165, 1.54) is 14.2 Å². The molecule has 1 fully saturated rings. The predicted molar refractivity (Wildman–Crippen MR) is 39.9 cm³/mol. The molecule has 0 radical (unpaired) electrons. The topological polar surface area (TPSA) is 52.6 Å². The quantitative estimate of drug-likeness (QED) is 0.461. The van der Waals surface area contributed by atoms with Crippen molar-refractivity contribution in [3.8, 4) is 0 Å². The van der Waals surface area contributed by atoms with Gasteiger partial charge < -0.3 is 9.26 Å². The first kappa shape index (κ1) is 8.75. The first-order chi connectivity index (χ1) is 5.11. The molecule has 1 heterocycles. The number of rotatable bonds is 2. The van der Waals surface area contributed by atoms with Crippen molar-refractivity contribution in [3.05, 3.63) is 0 Å². The van der Waals surface area contributed by atoms with Gasteiger partial charge >= 0.3 is 5.97 Å². The predicted octanol–water partition coefficient (Wildman–Crippen LogP) is 0.714. The van der Waals surface area contributed by atoms with Gasteiger partial charge in [-0.2, -0.15) is 0 Å². The molecule has 11 heavy (non-hydrogen) atoms. The highest BCUT2D eigenvalue weighted by Gasteiger charge is 2.44. The van der Waals surface area contributed by atoms with E-state index in [1.54, 1.807) is 0 Å². The van der Waals surface area contributed by atoms with Gasteiger partial charge in [-0.05, 0) is 0 Å². The molecule has 1 aliphatic heterocycles. The summed E-state index contributed by atoms with van der Waals surface area (Å²) in [4.78, 5) is 10.8. The maximum Gasteiger partial charge on any atom is 0.309 e. The minimum absolute atomic E-state index is 0.203. The lowest BCUT2D eigenvalue weighted by molar-refractivity contribution is -0.144. The van der Waals surface area contributed by atoms with Crippen molar-refractivity contribution in [2.45, 2.75) is 0 Å². The van der Waals surface area contributed by atoms with Crippen molar-refractivity contribution < 1.29 is 18.6 Å². The maximum atomic E-state index is 11.2. The van der Waals surface area contributed by atoms with Crippen molar-refractivity contribution in [3.63, 3.8) is 0 Å². The van der Waals surface area contributed by atoms with E-state index in [4.69, 9.17) is 4.52 Å². The Morgan fingerprint density at radius 2 is 2.00 bits per heavy atom. The summed E-state index contributed by atoms with van der Waals surface area (Å²) in [6, 6.07) is 0. The standard InChI is InChI=1S/C6H11O4P/c1-9-6(7)5-3-11(8,4-5)10-2/h5H,3-4H2,1-2H3. The molecule has 5 heteroatoms. The van der Waals surface area contributed by atoms with Crippen molar-refractivity contribution in [2.24, 2.45) is 5.92 Å². The number of carbonyl (C=O) groups excluding carboxylic acids is 1. The van der Waals surface area contributed by atoms with Gasteiger partial charge in [-0.1, -0.05) is 0 Å². The normalized spacial score (nSPS) is 36.0. The van der Waals surface area contributed by atoms with Gasteiger partial charge in [0, 0.05) is 19.4 Å². The van der Waals surface area contributed by atoms with E-state index in [2.05, 4.69) is 4.74 Å². The van der Waals surface area contributed by atoms with Crippen molar-refractivity contribution in [2.75, 3.05) is 26.5 Å². The van der Waals surface area contributed by atoms with E-state index in [0.717, 1.165) is 0 Å². The number of ether oxygens (including phenoxy) is 1. The molecule has 1 saturated heterocycles. The lowest BCUT2D eigenvalue weighted by atomic mass is 10.2. The van der Waals surface area contributed by atoms with E-state index in [1.807, 2.05) is 0 Å². The molecule has 0 spiro atoms. The minimum Gasteiger partial charge on any atom is -0.469 e. The smallest absolute Gasteiger partial charge is 0.309 e. The molecule has 0 aliphatic carbocycles. The highest BCUT2D eigenvalue weighted by Crippen LogP contribution is 2.58.